The van der Waals surface area contributed by atoms with Gasteiger partial charge >= 0.3 is 0 Å². The minimum Gasteiger partial charge on any atom is -0.497 e. The Morgan fingerprint density at radius 3 is 2.56 bits per heavy atom. The number of fused-ring (bicyclic) bond motifs is 1. The van der Waals surface area contributed by atoms with Gasteiger partial charge in [-0.25, -0.2) is 9.37 Å². The molecular weight excluding hydrogens is 345 g/mol. The fourth-order valence-corrected chi connectivity index (χ4v) is 2.87. The van der Waals surface area contributed by atoms with E-state index in [1.165, 1.54) is 12.1 Å². The molecule has 0 amide bonds. The molecule has 6 heteroatoms. The van der Waals surface area contributed by atoms with Crippen molar-refractivity contribution < 1.29 is 13.9 Å². The molecule has 2 heterocycles. The van der Waals surface area contributed by atoms with E-state index in [-0.39, 0.29) is 11.3 Å². The highest BCUT2D eigenvalue weighted by atomic mass is 19.1. The number of ketones is 1. The van der Waals surface area contributed by atoms with Crippen LogP contribution in [0.1, 0.15) is 15.9 Å². The van der Waals surface area contributed by atoms with Gasteiger partial charge in [-0.15, -0.1) is 0 Å². The highest BCUT2D eigenvalue weighted by Gasteiger charge is 2.18. The SMILES string of the molecule is COc1ccc(Nc2ccc3c(C(=O)c4ccccc4F)c[nH]c3n2)cc1. The van der Waals surface area contributed by atoms with Gasteiger partial charge in [-0.3, -0.25) is 4.79 Å². The van der Waals surface area contributed by atoms with E-state index in [4.69, 9.17) is 4.74 Å². The maximum atomic E-state index is 13.9. The van der Waals surface area contributed by atoms with Crippen molar-refractivity contribution in [2.45, 2.75) is 0 Å². The van der Waals surface area contributed by atoms with Gasteiger partial charge in [0, 0.05) is 22.8 Å². The molecule has 134 valence electrons. The largest absolute Gasteiger partial charge is 0.497 e. The van der Waals surface area contributed by atoms with E-state index in [9.17, 15) is 9.18 Å². The van der Waals surface area contributed by atoms with E-state index < -0.39 is 5.82 Å². The predicted octanol–water partition coefficient (Wildman–Crippen LogP) is 4.69. The number of aromatic nitrogens is 2. The van der Waals surface area contributed by atoms with Crippen molar-refractivity contribution in [3.63, 3.8) is 0 Å². The van der Waals surface area contributed by atoms with Crippen molar-refractivity contribution in [2.75, 3.05) is 12.4 Å². The summed E-state index contributed by atoms with van der Waals surface area (Å²) in [4.78, 5) is 20.1. The summed E-state index contributed by atoms with van der Waals surface area (Å²) in [5.74, 6) is 0.476. The van der Waals surface area contributed by atoms with Gasteiger partial charge in [-0.1, -0.05) is 12.1 Å². The molecule has 2 N–H and O–H groups in total. The quantitative estimate of drug-likeness (QED) is 0.506. The Hall–Kier alpha value is -3.67. The lowest BCUT2D eigenvalue weighted by atomic mass is 10.0. The molecule has 27 heavy (non-hydrogen) atoms. The standard InChI is InChI=1S/C21H16FN3O2/c1-27-14-8-6-13(7-9-14)24-19-11-10-15-17(12-23-21(15)25-19)20(26)16-4-2-3-5-18(16)22/h2-12H,1H3,(H2,23,24,25). The summed E-state index contributed by atoms with van der Waals surface area (Å²) in [5, 5.41) is 3.84. The Kier molecular flexibility index (Phi) is 4.30. The van der Waals surface area contributed by atoms with E-state index >= 15 is 0 Å². The Morgan fingerprint density at radius 1 is 1.04 bits per heavy atom. The molecule has 0 fully saturated rings. The van der Waals surface area contributed by atoms with Gasteiger partial charge in [0.15, 0.2) is 5.78 Å². The third-order valence-corrected chi connectivity index (χ3v) is 4.26. The average molecular weight is 361 g/mol. The van der Waals surface area contributed by atoms with Crippen LogP contribution in [0.15, 0.2) is 66.9 Å². The first-order valence-corrected chi connectivity index (χ1v) is 8.34. The number of nitrogens with one attached hydrogen (secondary N) is 2. The number of aromatic amines is 1. The Bertz CT molecular complexity index is 1120. The number of nitrogens with zero attached hydrogens (tertiary/aromatic N) is 1. The lowest BCUT2D eigenvalue weighted by molar-refractivity contribution is 0.103. The molecule has 2 aromatic heterocycles. The third kappa shape index (κ3) is 3.25. The topological polar surface area (TPSA) is 67.0 Å². The fraction of sp³-hybridized carbons (Fsp3) is 0.0476. The molecule has 4 rings (SSSR count). The van der Waals surface area contributed by atoms with Crippen LogP contribution in [0.2, 0.25) is 0 Å². The first kappa shape index (κ1) is 16.8. The number of carbonyl (C=O) groups excluding carboxylic acids is 1. The van der Waals surface area contributed by atoms with Crippen LogP contribution in [-0.4, -0.2) is 22.9 Å². The summed E-state index contributed by atoms with van der Waals surface area (Å²) in [6.07, 6.45) is 1.56. The van der Waals surface area contributed by atoms with Gasteiger partial charge in [0.2, 0.25) is 0 Å². The molecule has 0 unspecified atom stereocenters. The van der Waals surface area contributed by atoms with Crippen molar-refractivity contribution in [2.24, 2.45) is 0 Å². The van der Waals surface area contributed by atoms with Gasteiger partial charge in [-0.2, -0.15) is 0 Å². The maximum Gasteiger partial charge on any atom is 0.198 e. The first-order chi connectivity index (χ1) is 13.2. The number of hydrogen-bond donors (Lipinski definition) is 2. The molecule has 4 aromatic rings. The first-order valence-electron chi connectivity index (χ1n) is 8.34. The highest BCUT2D eigenvalue weighted by Crippen LogP contribution is 2.24. The summed E-state index contributed by atoms with van der Waals surface area (Å²) < 4.78 is 19.1. The molecule has 0 saturated carbocycles. The number of methoxy groups -OCH3 is 1. The van der Waals surface area contributed by atoms with E-state index in [0.29, 0.717) is 22.4 Å². The van der Waals surface area contributed by atoms with Crippen molar-refractivity contribution >= 4 is 28.3 Å². The van der Waals surface area contributed by atoms with Crippen molar-refractivity contribution in [1.82, 2.24) is 9.97 Å². The smallest absolute Gasteiger partial charge is 0.198 e. The Morgan fingerprint density at radius 2 is 1.81 bits per heavy atom. The zero-order chi connectivity index (χ0) is 18.8. The van der Waals surface area contributed by atoms with E-state index in [2.05, 4.69) is 15.3 Å². The van der Waals surface area contributed by atoms with Gasteiger partial charge in [0.05, 0.1) is 12.7 Å². The second-order valence-electron chi connectivity index (χ2n) is 5.96. The lowest BCUT2D eigenvalue weighted by Gasteiger charge is -2.07. The number of anilines is 2. The Labute approximate surface area is 154 Å². The van der Waals surface area contributed by atoms with Crippen molar-refractivity contribution in [1.29, 1.82) is 0 Å². The number of halogens is 1. The van der Waals surface area contributed by atoms with Crippen LogP contribution in [0.5, 0.6) is 5.75 Å². The average Bonchev–Trinajstić information content (AvgIpc) is 3.12. The van der Waals surface area contributed by atoms with Crippen LogP contribution in [0.4, 0.5) is 15.9 Å². The predicted molar refractivity (Wildman–Crippen MR) is 102 cm³/mol. The molecule has 0 aliphatic rings. The van der Waals surface area contributed by atoms with Gasteiger partial charge in [0.1, 0.15) is 23.0 Å². The van der Waals surface area contributed by atoms with E-state index in [0.717, 1.165) is 11.4 Å². The van der Waals surface area contributed by atoms with Crippen LogP contribution in [0, 0.1) is 5.82 Å². The van der Waals surface area contributed by atoms with Crippen LogP contribution < -0.4 is 10.1 Å². The molecule has 0 atom stereocenters. The van der Waals surface area contributed by atoms with E-state index in [1.54, 1.807) is 37.6 Å². The number of pyridine rings is 1. The van der Waals surface area contributed by atoms with Crippen LogP contribution in [0.3, 0.4) is 0 Å². The molecule has 0 bridgehead atoms. The summed E-state index contributed by atoms with van der Waals surface area (Å²) in [6, 6.07) is 17.0. The summed E-state index contributed by atoms with van der Waals surface area (Å²) in [6.45, 7) is 0. The molecule has 0 saturated heterocycles. The molecule has 2 aromatic carbocycles. The second-order valence-corrected chi connectivity index (χ2v) is 5.96. The number of rotatable bonds is 5. The molecular formula is C21H16FN3O2. The minimum absolute atomic E-state index is 0.0406. The molecule has 0 spiro atoms. The van der Waals surface area contributed by atoms with Crippen molar-refractivity contribution in [3.8, 4) is 5.75 Å². The van der Waals surface area contributed by atoms with Gasteiger partial charge in [0.25, 0.3) is 0 Å². The number of carbonyl (C=O) groups is 1. The summed E-state index contributed by atoms with van der Waals surface area (Å²) in [5.41, 5.74) is 1.84. The monoisotopic (exact) mass is 361 g/mol. The number of ether oxygens (including phenoxy) is 1. The number of hydrogen-bond acceptors (Lipinski definition) is 4. The van der Waals surface area contributed by atoms with Gasteiger partial charge in [-0.05, 0) is 48.5 Å². The summed E-state index contributed by atoms with van der Waals surface area (Å²) in [7, 11) is 1.61. The zero-order valence-electron chi connectivity index (χ0n) is 14.5. The van der Waals surface area contributed by atoms with Crippen LogP contribution in [-0.2, 0) is 0 Å². The molecule has 5 nitrogen and oxygen atoms in total. The van der Waals surface area contributed by atoms with Crippen LogP contribution in [0.25, 0.3) is 11.0 Å². The van der Waals surface area contributed by atoms with Crippen LogP contribution >= 0.6 is 0 Å². The lowest BCUT2D eigenvalue weighted by Crippen LogP contribution is -2.03. The Balaban J connectivity index is 1.63. The third-order valence-electron chi connectivity index (χ3n) is 4.26. The van der Waals surface area contributed by atoms with E-state index in [1.807, 2.05) is 24.3 Å². The second kappa shape index (κ2) is 6.92. The number of H-pyrrole nitrogens is 1. The number of benzene rings is 2. The minimum atomic E-state index is -0.539. The zero-order valence-corrected chi connectivity index (χ0v) is 14.5. The summed E-state index contributed by atoms with van der Waals surface area (Å²) >= 11 is 0. The highest BCUT2D eigenvalue weighted by molar-refractivity contribution is 6.16. The molecule has 0 radical (unpaired) electrons. The van der Waals surface area contributed by atoms with Gasteiger partial charge < -0.3 is 15.0 Å². The van der Waals surface area contributed by atoms with Crippen molar-refractivity contribution in [3.05, 3.63) is 83.8 Å². The molecule has 0 aliphatic carbocycles. The fourth-order valence-electron chi connectivity index (χ4n) is 2.87. The molecule has 0 aliphatic heterocycles. The normalized spacial score (nSPS) is 10.7. The maximum absolute atomic E-state index is 13.9.